The predicted molar refractivity (Wildman–Crippen MR) is 88.6 cm³/mol. The maximum atomic E-state index is 12.1. The van der Waals surface area contributed by atoms with Gasteiger partial charge in [-0.15, -0.1) is 0 Å². The van der Waals surface area contributed by atoms with E-state index in [1.807, 2.05) is 6.92 Å². The molecule has 126 valence electrons. The minimum absolute atomic E-state index is 0.176. The van der Waals surface area contributed by atoms with Crippen LogP contribution < -0.4 is 5.32 Å². The van der Waals surface area contributed by atoms with Crippen molar-refractivity contribution in [3.8, 4) is 0 Å². The number of nitrogens with one attached hydrogen (secondary N) is 1. The minimum atomic E-state index is -0.611. The zero-order chi connectivity index (χ0) is 16.5. The van der Waals surface area contributed by atoms with E-state index in [0.29, 0.717) is 6.04 Å². The number of carbonyl (C=O) groups excluding carboxylic acids is 1. The Kier molecular flexibility index (Phi) is 9.83. The Balaban J connectivity index is 4.50. The van der Waals surface area contributed by atoms with Gasteiger partial charge in [-0.2, -0.15) is 0 Å². The van der Waals surface area contributed by atoms with Gasteiger partial charge in [-0.25, -0.2) is 0 Å². The summed E-state index contributed by atoms with van der Waals surface area (Å²) in [5, 5.41) is 3.35. The summed E-state index contributed by atoms with van der Waals surface area (Å²) in [6.45, 7) is 9.15. The second kappa shape index (κ2) is 10.1. The number of nitrogens with zero attached hydrogens (tertiary/aromatic N) is 2. The monoisotopic (exact) mass is 301 g/mol. The molecule has 0 saturated heterocycles. The van der Waals surface area contributed by atoms with Gasteiger partial charge in [-0.3, -0.25) is 4.79 Å². The Hall–Kier alpha value is -0.650. The number of rotatable bonds is 11. The molecular formula is C16H35N3O2. The second-order valence-corrected chi connectivity index (χ2v) is 6.44. The van der Waals surface area contributed by atoms with Crippen LogP contribution in [0.3, 0.4) is 0 Å². The summed E-state index contributed by atoms with van der Waals surface area (Å²) in [6.07, 6.45) is 2.88. The van der Waals surface area contributed by atoms with Gasteiger partial charge < -0.3 is 19.9 Å². The number of methoxy groups -OCH3 is 1. The summed E-state index contributed by atoms with van der Waals surface area (Å²) in [6, 6.07) is 0.320. The molecule has 0 aromatic carbocycles. The lowest BCUT2D eigenvalue weighted by Crippen LogP contribution is -2.54. The molecule has 0 aromatic heterocycles. The Morgan fingerprint density at radius 1 is 1.29 bits per heavy atom. The molecule has 21 heavy (non-hydrogen) atoms. The molecular weight excluding hydrogens is 266 g/mol. The SMILES string of the molecule is CCCNC(C)(CC(C)N(C)CCCN(C)C)C(=O)OC. The molecule has 0 aliphatic heterocycles. The molecule has 2 unspecified atom stereocenters. The van der Waals surface area contributed by atoms with Crippen LogP contribution in [-0.4, -0.2) is 75.2 Å². The molecule has 0 radical (unpaired) electrons. The highest BCUT2D eigenvalue weighted by Gasteiger charge is 2.35. The molecule has 0 rings (SSSR count). The number of hydrogen-bond acceptors (Lipinski definition) is 5. The third-order valence-electron chi connectivity index (χ3n) is 3.97. The summed E-state index contributed by atoms with van der Waals surface area (Å²) >= 11 is 0. The van der Waals surface area contributed by atoms with E-state index in [4.69, 9.17) is 4.74 Å². The van der Waals surface area contributed by atoms with Crippen LogP contribution >= 0.6 is 0 Å². The van der Waals surface area contributed by atoms with Gasteiger partial charge in [0.05, 0.1) is 7.11 Å². The number of esters is 1. The first-order valence-corrected chi connectivity index (χ1v) is 7.95. The van der Waals surface area contributed by atoms with Crippen LogP contribution in [0.5, 0.6) is 0 Å². The molecule has 1 N–H and O–H groups in total. The molecule has 0 spiro atoms. The van der Waals surface area contributed by atoms with E-state index in [-0.39, 0.29) is 5.97 Å². The highest BCUT2D eigenvalue weighted by Crippen LogP contribution is 2.18. The number of hydrogen-bond donors (Lipinski definition) is 1. The molecule has 5 heteroatoms. The fraction of sp³-hybridized carbons (Fsp3) is 0.938. The maximum Gasteiger partial charge on any atom is 0.325 e. The Morgan fingerprint density at radius 2 is 1.90 bits per heavy atom. The normalized spacial score (nSPS) is 16.0. The van der Waals surface area contributed by atoms with Gasteiger partial charge in [0.25, 0.3) is 0 Å². The van der Waals surface area contributed by atoms with Crippen molar-refractivity contribution in [2.75, 3.05) is 47.9 Å². The van der Waals surface area contributed by atoms with Crippen molar-refractivity contribution in [2.24, 2.45) is 0 Å². The lowest BCUT2D eigenvalue weighted by atomic mass is 9.92. The summed E-state index contributed by atoms with van der Waals surface area (Å²) < 4.78 is 4.98. The summed E-state index contributed by atoms with van der Waals surface area (Å²) in [5.41, 5.74) is -0.611. The molecule has 0 aliphatic rings. The van der Waals surface area contributed by atoms with Crippen molar-refractivity contribution >= 4 is 5.97 Å². The fourth-order valence-corrected chi connectivity index (χ4v) is 2.46. The van der Waals surface area contributed by atoms with E-state index in [1.54, 1.807) is 0 Å². The first kappa shape index (κ1) is 20.3. The Morgan fingerprint density at radius 3 is 2.38 bits per heavy atom. The van der Waals surface area contributed by atoms with Crippen LogP contribution in [0.1, 0.15) is 40.0 Å². The van der Waals surface area contributed by atoms with Crippen molar-refractivity contribution in [3.63, 3.8) is 0 Å². The van der Waals surface area contributed by atoms with E-state index in [9.17, 15) is 4.79 Å². The van der Waals surface area contributed by atoms with E-state index >= 15 is 0 Å². The van der Waals surface area contributed by atoms with Crippen molar-refractivity contribution in [1.82, 2.24) is 15.1 Å². The van der Waals surface area contributed by atoms with E-state index in [2.05, 4.69) is 50.1 Å². The molecule has 5 nitrogen and oxygen atoms in total. The van der Waals surface area contributed by atoms with E-state index in [1.165, 1.54) is 7.11 Å². The molecule has 0 aromatic rings. The zero-order valence-corrected chi connectivity index (χ0v) is 15.0. The quantitative estimate of drug-likeness (QED) is 0.587. The van der Waals surface area contributed by atoms with Crippen molar-refractivity contribution in [2.45, 2.75) is 51.6 Å². The fourth-order valence-electron chi connectivity index (χ4n) is 2.46. The third-order valence-corrected chi connectivity index (χ3v) is 3.97. The smallest absolute Gasteiger partial charge is 0.325 e. The highest BCUT2D eigenvalue weighted by molar-refractivity contribution is 5.80. The second-order valence-electron chi connectivity index (χ2n) is 6.44. The molecule has 0 fully saturated rings. The van der Waals surface area contributed by atoms with Crippen LogP contribution in [0.4, 0.5) is 0 Å². The number of ether oxygens (including phenoxy) is 1. The standard InChI is InChI=1S/C16H35N3O2/c1-8-10-17-16(3,15(20)21-7)13-14(2)19(6)12-9-11-18(4)5/h14,17H,8-13H2,1-7H3. The van der Waals surface area contributed by atoms with Crippen LogP contribution in [-0.2, 0) is 9.53 Å². The van der Waals surface area contributed by atoms with Crippen molar-refractivity contribution < 1.29 is 9.53 Å². The first-order valence-electron chi connectivity index (χ1n) is 7.95. The van der Waals surface area contributed by atoms with Crippen LogP contribution in [0.25, 0.3) is 0 Å². The Labute approximate surface area is 131 Å². The van der Waals surface area contributed by atoms with Crippen molar-refractivity contribution in [1.29, 1.82) is 0 Å². The van der Waals surface area contributed by atoms with Crippen LogP contribution in [0.2, 0.25) is 0 Å². The van der Waals surface area contributed by atoms with E-state index < -0.39 is 5.54 Å². The Bertz CT molecular complexity index is 297. The average Bonchev–Trinajstić information content (AvgIpc) is 2.43. The largest absolute Gasteiger partial charge is 0.468 e. The summed E-state index contributed by atoms with van der Waals surface area (Å²) in [7, 11) is 7.76. The van der Waals surface area contributed by atoms with Gasteiger partial charge in [0.2, 0.25) is 0 Å². The topological polar surface area (TPSA) is 44.8 Å². The van der Waals surface area contributed by atoms with Gasteiger partial charge >= 0.3 is 5.97 Å². The highest BCUT2D eigenvalue weighted by atomic mass is 16.5. The van der Waals surface area contributed by atoms with Gasteiger partial charge in [0.1, 0.15) is 5.54 Å². The molecule has 0 aliphatic carbocycles. The molecule has 0 bridgehead atoms. The lowest BCUT2D eigenvalue weighted by molar-refractivity contribution is -0.148. The number of carbonyl (C=O) groups is 1. The molecule has 0 amide bonds. The summed E-state index contributed by atoms with van der Waals surface area (Å²) in [4.78, 5) is 16.6. The molecule has 2 atom stereocenters. The van der Waals surface area contributed by atoms with Gasteiger partial charge in [-0.1, -0.05) is 6.92 Å². The first-order chi connectivity index (χ1) is 9.76. The predicted octanol–water partition coefficient (Wildman–Crippen LogP) is 1.58. The van der Waals surface area contributed by atoms with Crippen molar-refractivity contribution in [3.05, 3.63) is 0 Å². The van der Waals surface area contributed by atoms with E-state index in [0.717, 1.165) is 38.9 Å². The average molecular weight is 301 g/mol. The van der Waals surface area contributed by atoms with Crippen LogP contribution in [0, 0.1) is 0 Å². The zero-order valence-electron chi connectivity index (χ0n) is 15.0. The maximum absolute atomic E-state index is 12.1. The van der Waals surface area contributed by atoms with Gasteiger partial charge in [0, 0.05) is 6.04 Å². The minimum Gasteiger partial charge on any atom is -0.468 e. The van der Waals surface area contributed by atoms with Gasteiger partial charge in [0.15, 0.2) is 0 Å². The molecule has 0 saturated carbocycles. The van der Waals surface area contributed by atoms with Gasteiger partial charge in [-0.05, 0) is 73.9 Å². The third kappa shape index (κ3) is 7.79. The lowest BCUT2D eigenvalue weighted by Gasteiger charge is -2.34. The summed E-state index contributed by atoms with van der Waals surface area (Å²) in [5.74, 6) is -0.176. The molecule has 0 heterocycles. The van der Waals surface area contributed by atoms with Crippen LogP contribution in [0.15, 0.2) is 0 Å².